The maximum Gasteiger partial charge on any atom is 0.382 e. The number of carbonyl (C=O) groups is 4. The van der Waals surface area contributed by atoms with Crippen LogP contribution in [0.25, 0.3) is 0 Å². The zero-order chi connectivity index (χ0) is 30.0. The molecule has 6 N–H and O–H groups in total. The summed E-state index contributed by atoms with van der Waals surface area (Å²) in [4.78, 5) is 69.5. The standard InChI is InChI=1S/C20H21N7O11S2/c1-20(2,18(31)37-17(27(32)33)9-6-4-3-5-7-9)38-25-11(10-8-39-19(22)23-10)15(29)24-12-13(14(21)28)26(16(12)30)40(34,35)36/h3-8,12-13,17H,1-2H3,(H2,21,28)(H2,22,23)(H,24,29)(H,34,35,36)/t12-,13-,17?/m0/s1. The Morgan fingerprint density at radius 2 is 1.93 bits per heavy atom. The molecule has 3 atom stereocenters. The molecule has 20 heteroatoms. The number of anilines is 1. The monoisotopic (exact) mass is 599 g/mol. The second-order valence-corrected chi connectivity index (χ2v) is 10.7. The summed E-state index contributed by atoms with van der Waals surface area (Å²) in [5.41, 5.74) is 7.84. The quantitative estimate of drug-likeness (QED) is 0.0446. The Hall–Kier alpha value is -4.69. The first-order valence-electron chi connectivity index (χ1n) is 10.8. The van der Waals surface area contributed by atoms with Crippen molar-refractivity contribution in [2.24, 2.45) is 10.9 Å². The van der Waals surface area contributed by atoms with Gasteiger partial charge < -0.3 is 26.4 Å². The third kappa shape index (κ3) is 6.30. The Balaban J connectivity index is 1.85. The molecular formula is C20H21N7O11S2. The minimum atomic E-state index is -5.17. The second kappa shape index (κ2) is 11.2. The number of hydrogen-bond donors (Lipinski definition) is 4. The van der Waals surface area contributed by atoms with Crippen molar-refractivity contribution in [3.63, 3.8) is 0 Å². The summed E-state index contributed by atoms with van der Waals surface area (Å²) in [5, 5.41) is 18.4. The van der Waals surface area contributed by atoms with E-state index in [0.717, 1.165) is 25.2 Å². The molecule has 1 aromatic carbocycles. The Morgan fingerprint density at radius 3 is 2.42 bits per heavy atom. The maximum absolute atomic E-state index is 13.0. The van der Waals surface area contributed by atoms with Crippen molar-refractivity contribution in [2.45, 2.75) is 37.8 Å². The van der Waals surface area contributed by atoms with E-state index in [1.807, 2.05) is 5.32 Å². The molecule has 40 heavy (non-hydrogen) atoms. The van der Waals surface area contributed by atoms with Crippen molar-refractivity contribution in [3.05, 3.63) is 57.1 Å². The predicted molar refractivity (Wildman–Crippen MR) is 134 cm³/mol. The van der Waals surface area contributed by atoms with Crippen LogP contribution in [0.5, 0.6) is 0 Å². The van der Waals surface area contributed by atoms with E-state index in [-0.39, 0.29) is 20.7 Å². The summed E-state index contributed by atoms with van der Waals surface area (Å²) in [6, 6.07) is 3.56. The van der Waals surface area contributed by atoms with Crippen molar-refractivity contribution in [1.82, 2.24) is 14.6 Å². The van der Waals surface area contributed by atoms with Gasteiger partial charge in [-0.3, -0.25) is 29.1 Å². The number of nitrogens with two attached hydrogens (primary N) is 2. The zero-order valence-corrected chi connectivity index (χ0v) is 22.1. The minimum absolute atomic E-state index is 0.0295. The average Bonchev–Trinajstić information content (AvgIpc) is 3.28. The number of aromatic nitrogens is 1. The van der Waals surface area contributed by atoms with Gasteiger partial charge in [0.2, 0.25) is 11.5 Å². The summed E-state index contributed by atoms with van der Waals surface area (Å²) < 4.78 is 36.8. The van der Waals surface area contributed by atoms with Gasteiger partial charge in [0, 0.05) is 5.38 Å². The first-order chi connectivity index (χ1) is 18.5. The molecule has 1 aliphatic rings. The third-order valence-corrected chi connectivity index (χ3v) is 6.79. The third-order valence-electron chi connectivity index (χ3n) is 5.21. The smallest absolute Gasteiger partial charge is 0.382 e. The predicted octanol–water partition coefficient (Wildman–Crippen LogP) is -1.27. The van der Waals surface area contributed by atoms with Crippen molar-refractivity contribution < 1.29 is 46.6 Å². The SMILES string of the molecule is CC(C)(ON=C(C(=O)N[C@@H]1C(=O)N(S(=O)(=O)O)[C@@H]1C(N)=O)c1csc(N)n1)C(=O)OC(c1ccccc1)[N+](=O)[O-]. The molecule has 18 nitrogen and oxygen atoms in total. The lowest BCUT2D eigenvalue weighted by molar-refractivity contribution is -0.576. The number of rotatable bonds is 11. The Kier molecular flexibility index (Phi) is 8.36. The molecule has 1 fully saturated rings. The maximum atomic E-state index is 13.0. The molecule has 2 aromatic rings. The van der Waals surface area contributed by atoms with E-state index < -0.39 is 68.5 Å². The van der Waals surface area contributed by atoms with Gasteiger partial charge in [0.05, 0.1) is 10.5 Å². The highest BCUT2D eigenvalue weighted by Crippen LogP contribution is 2.25. The van der Waals surface area contributed by atoms with Crippen molar-refractivity contribution in [3.8, 4) is 0 Å². The van der Waals surface area contributed by atoms with Gasteiger partial charge in [-0.1, -0.05) is 23.4 Å². The van der Waals surface area contributed by atoms with Crippen LogP contribution in [0.2, 0.25) is 0 Å². The second-order valence-electron chi connectivity index (χ2n) is 8.48. The number of primary amides is 1. The van der Waals surface area contributed by atoms with Gasteiger partial charge >= 0.3 is 22.5 Å². The van der Waals surface area contributed by atoms with Gasteiger partial charge in [-0.15, -0.1) is 11.3 Å². The molecule has 1 saturated heterocycles. The Labute approximate surface area is 228 Å². The molecule has 0 spiro atoms. The van der Waals surface area contributed by atoms with Crippen LogP contribution in [0.3, 0.4) is 0 Å². The van der Waals surface area contributed by atoms with Gasteiger partial charge in [0.25, 0.3) is 11.8 Å². The molecule has 0 radical (unpaired) electrons. The van der Waals surface area contributed by atoms with Gasteiger partial charge in [-0.2, -0.15) is 12.7 Å². The van der Waals surface area contributed by atoms with Crippen LogP contribution in [0.4, 0.5) is 5.13 Å². The topological polar surface area (TPSA) is 277 Å². The summed E-state index contributed by atoms with van der Waals surface area (Å²) >= 11 is 0.869. The Morgan fingerprint density at radius 1 is 1.30 bits per heavy atom. The highest BCUT2D eigenvalue weighted by atomic mass is 32.2. The van der Waals surface area contributed by atoms with Crippen LogP contribution in [-0.2, 0) is 39.1 Å². The van der Waals surface area contributed by atoms with Gasteiger partial charge in [0.15, 0.2) is 16.9 Å². The Bertz CT molecular complexity index is 1490. The molecule has 1 unspecified atom stereocenters. The number of benzene rings is 1. The van der Waals surface area contributed by atoms with E-state index in [1.54, 1.807) is 6.07 Å². The number of ether oxygens (including phenoxy) is 1. The van der Waals surface area contributed by atoms with E-state index in [0.29, 0.717) is 0 Å². The molecule has 214 valence electrons. The van der Waals surface area contributed by atoms with E-state index in [4.69, 9.17) is 25.6 Å². The van der Waals surface area contributed by atoms with E-state index in [9.17, 15) is 37.7 Å². The summed E-state index contributed by atoms with van der Waals surface area (Å²) in [7, 11) is -5.17. The number of nitrogens with zero attached hydrogens (tertiary/aromatic N) is 4. The van der Waals surface area contributed by atoms with Gasteiger partial charge in [0.1, 0.15) is 11.7 Å². The molecular weight excluding hydrogens is 578 g/mol. The first-order valence-corrected chi connectivity index (χ1v) is 13.1. The lowest BCUT2D eigenvalue weighted by atomic mass is 9.98. The number of amides is 3. The molecule has 1 aliphatic heterocycles. The summed E-state index contributed by atoms with van der Waals surface area (Å²) in [6.45, 7) is 2.27. The number of thiazole rings is 1. The number of oxime groups is 1. The number of esters is 1. The number of nitrogen functional groups attached to an aromatic ring is 1. The van der Waals surface area contributed by atoms with Crippen LogP contribution in [0.1, 0.15) is 31.3 Å². The van der Waals surface area contributed by atoms with E-state index >= 15 is 0 Å². The van der Waals surface area contributed by atoms with Crippen LogP contribution in [-0.4, -0.2) is 74.3 Å². The average molecular weight is 600 g/mol. The highest BCUT2D eigenvalue weighted by Gasteiger charge is 2.57. The summed E-state index contributed by atoms with van der Waals surface area (Å²) in [6.07, 6.45) is -1.89. The largest absolute Gasteiger partial charge is 0.391 e. The normalized spacial score (nSPS) is 18.3. The van der Waals surface area contributed by atoms with Crippen LogP contribution in [0.15, 0.2) is 40.9 Å². The van der Waals surface area contributed by atoms with Gasteiger partial charge in [-0.25, -0.2) is 9.78 Å². The molecule has 3 rings (SSSR count). The lowest BCUT2D eigenvalue weighted by Gasteiger charge is -2.41. The fourth-order valence-electron chi connectivity index (χ4n) is 3.24. The van der Waals surface area contributed by atoms with E-state index in [2.05, 4.69) is 10.1 Å². The highest BCUT2D eigenvalue weighted by molar-refractivity contribution is 7.84. The molecule has 0 bridgehead atoms. The van der Waals surface area contributed by atoms with Crippen LogP contribution >= 0.6 is 11.3 Å². The van der Waals surface area contributed by atoms with Crippen molar-refractivity contribution >= 4 is 56.2 Å². The van der Waals surface area contributed by atoms with E-state index in [1.165, 1.54) is 29.6 Å². The first kappa shape index (κ1) is 29.9. The molecule has 2 heterocycles. The number of carbonyl (C=O) groups excluding carboxylic acids is 4. The number of β-lactam (4-membered cyclic amide) rings is 1. The number of nitrogens with one attached hydrogen (secondary N) is 1. The number of nitro groups is 1. The fourth-order valence-corrected chi connectivity index (χ4v) is 4.64. The molecule has 1 aromatic heterocycles. The van der Waals surface area contributed by atoms with Crippen LogP contribution in [0, 0.1) is 10.1 Å². The minimum Gasteiger partial charge on any atom is -0.391 e. The molecule has 0 aliphatic carbocycles. The van der Waals surface area contributed by atoms with Gasteiger partial charge in [-0.05, 0) is 26.0 Å². The number of hydrogen-bond acceptors (Lipinski definition) is 14. The van der Waals surface area contributed by atoms with Crippen molar-refractivity contribution in [2.75, 3.05) is 5.73 Å². The molecule has 0 saturated carbocycles. The summed E-state index contributed by atoms with van der Waals surface area (Å²) in [5.74, 6) is -5.24. The fraction of sp³-hybridized carbons (Fsp3) is 0.300. The molecule has 3 amide bonds. The zero-order valence-electron chi connectivity index (χ0n) is 20.5. The van der Waals surface area contributed by atoms with Crippen LogP contribution < -0.4 is 16.8 Å². The lowest BCUT2D eigenvalue weighted by Crippen LogP contribution is -2.75. The van der Waals surface area contributed by atoms with Crippen molar-refractivity contribution in [1.29, 1.82) is 0 Å².